The van der Waals surface area contributed by atoms with Crippen LogP contribution >= 0.6 is 0 Å². The molecule has 2 N–H and O–H groups in total. The summed E-state index contributed by atoms with van der Waals surface area (Å²) in [6.07, 6.45) is -1.80. The second-order valence-electron chi connectivity index (χ2n) is 9.10. The molecule has 11 heteroatoms. The van der Waals surface area contributed by atoms with Gasteiger partial charge in [-0.15, -0.1) is 5.10 Å². The van der Waals surface area contributed by atoms with Crippen LogP contribution in [0, 0.1) is 0 Å². The molecule has 0 unspecified atom stereocenters. The van der Waals surface area contributed by atoms with Gasteiger partial charge in [-0.05, 0) is 22.6 Å². The third-order valence-electron chi connectivity index (χ3n) is 5.17. The fourth-order valence-corrected chi connectivity index (χ4v) is 3.46. The fourth-order valence-electron chi connectivity index (χ4n) is 3.46. The van der Waals surface area contributed by atoms with Crippen LogP contribution in [-0.4, -0.2) is 50.4 Å². The van der Waals surface area contributed by atoms with E-state index in [0.29, 0.717) is 17.0 Å². The summed E-state index contributed by atoms with van der Waals surface area (Å²) < 4.78 is 44.4. The van der Waals surface area contributed by atoms with Gasteiger partial charge in [0.25, 0.3) is 0 Å². The standard InChI is InChI=1S/C24H28F3N5O3/c1-15(34)29-21(16-5-7-17(8-6-16)23(2,3)4)22-19(20-13-32(9-10-33)31-30-20)11-18(12-28-22)35-14-24(25,26)27/h5-8,11-13,21,33H,9-10,14H2,1-4H3,(H,29,34)/t21-/m0/s1. The second kappa shape index (κ2) is 10.4. The number of hydrogen-bond donors (Lipinski definition) is 2. The van der Waals surface area contributed by atoms with Gasteiger partial charge in [-0.3, -0.25) is 9.78 Å². The molecule has 0 aliphatic carbocycles. The number of aromatic nitrogens is 4. The molecule has 2 heterocycles. The summed E-state index contributed by atoms with van der Waals surface area (Å²) in [5.74, 6) is -0.425. The molecule has 1 atom stereocenters. The summed E-state index contributed by atoms with van der Waals surface area (Å²) in [7, 11) is 0. The van der Waals surface area contributed by atoms with Crippen molar-refractivity contribution in [3.63, 3.8) is 0 Å². The zero-order chi connectivity index (χ0) is 25.8. The molecule has 8 nitrogen and oxygen atoms in total. The highest BCUT2D eigenvalue weighted by molar-refractivity contribution is 5.75. The van der Waals surface area contributed by atoms with Crippen molar-refractivity contribution in [1.82, 2.24) is 25.3 Å². The summed E-state index contributed by atoms with van der Waals surface area (Å²) >= 11 is 0. The highest BCUT2D eigenvalue weighted by Crippen LogP contribution is 2.33. The number of amides is 1. The monoisotopic (exact) mass is 491 g/mol. The number of ether oxygens (including phenoxy) is 1. The number of aliphatic hydroxyl groups excluding tert-OH is 1. The molecule has 3 rings (SSSR count). The Hall–Kier alpha value is -3.47. The van der Waals surface area contributed by atoms with E-state index in [1.54, 1.807) is 0 Å². The predicted molar refractivity (Wildman–Crippen MR) is 123 cm³/mol. The van der Waals surface area contributed by atoms with Gasteiger partial charge in [-0.1, -0.05) is 50.3 Å². The number of carbonyl (C=O) groups excluding carboxylic acids is 1. The molecule has 3 aromatic rings. The number of carbonyl (C=O) groups is 1. The molecule has 0 saturated carbocycles. The second-order valence-corrected chi connectivity index (χ2v) is 9.10. The van der Waals surface area contributed by atoms with Crippen LogP contribution in [0.25, 0.3) is 11.3 Å². The lowest BCUT2D eigenvalue weighted by Gasteiger charge is -2.23. The zero-order valence-corrected chi connectivity index (χ0v) is 19.9. The molecule has 2 aromatic heterocycles. The van der Waals surface area contributed by atoms with Crippen LogP contribution in [0.4, 0.5) is 13.2 Å². The maximum absolute atomic E-state index is 12.7. The minimum Gasteiger partial charge on any atom is -0.482 e. The van der Waals surface area contributed by atoms with Gasteiger partial charge in [0.15, 0.2) is 6.61 Å². The normalized spacial score (nSPS) is 12.9. The number of halogens is 3. The van der Waals surface area contributed by atoms with Crippen molar-refractivity contribution in [2.24, 2.45) is 0 Å². The lowest BCUT2D eigenvalue weighted by Crippen LogP contribution is -2.28. The van der Waals surface area contributed by atoms with Crippen molar-refractivity contribution in [2.75, 3.05) is 13.2 Å². The van der Waals surface area contributed by atoms with Gasteiger partial charge in [0, 0.05) is 12.5 Å². The SMILES string of the molecule is CC(=O)N[C@@H](c1ccc(C(C)(C)C)cc1)c1ncc(OCC(F)(F)F)cc1-c1cn(CCO)nn1. The zero-order valence-electron chi connectivity index (χ0n) is 19.9. The van der Waals surface area contributed by atoms with Crippen LogP contribution in [0.1, 0.15) is 50.6 Å². The molecular weight excluding hydrogens is 463 g/mol. The number of nitrogens with one attached hydrogen (secondary N) is 1. The fraction of sp³-hybridized carbons (Fsp3) is 0.417. The Morgan fingerprint density at radius 1 is 1.20 bits per heavy atom. The molecule has 0 spiro atoms. The lowest BCUT2D eigenvalue weighted by molar-refractivity contribution is -0.153. The highest BCUT2D eigenvalue weighted by atomic mass is 19.4. The maximum Gasteiger partial charge on any atom is 0.422 e. The van der Waals surface area contributed by atoms with E-state index in [1.807, 2.05) is 24.3 Å². The number of rotatable bonds is 8. The van der Waals surface area contributed by atoms with Gasteiger partial charge >= 0.3 is 6.18 Å². The Morgan fingerprint density at radius 2 is 1.89 bits per heavy atom. The van der Waals surface area contributed by atoms with Crippen LogP contribution < -0.4 is 10.1 Å². The van der Waals surface area contributed by atoms with Gasteiger partial charge in [0.2, 0.25) is 5.91 Å². The molecule has 0 bridgehead atoms. The van der Waals surface area contributed by atoms with Gasteiger partial charge in [0.1, 0.15) is 11.4 Å². The number of aliphatic hydroxyl groups is 1. The van der Waals surface area contributed by atoms with Crippen molar-refractivity contribution in [3.8, 4) is 17.0 Å². The molecular formula is C24H28F3N5O3. The Bertz CT molecular complexity index is 1150. The van der Waals surface area contributed by atoms with Crippen molar-refractivity contribution in [2.45, 2.75) is 51.9 Å². The van der Waals surface area contributed by atoms with Crippen molar-refractivity contribution < 1.29 is 27.8 Å². The summed E-state index contributed by atoms with van der Waals surface area (Å²) in [5.41, 5.74) is 2.76. The first kappa shape index (κ1) is 26.1. The van der Waals surface area contributed by atoms with Crippen LogP contribution in [-0.2, 0) is 16.8 Å². The maximum atomic E-state index is 12.7. The Labute approximate surface area is 201 Å². The summed E-state index contributed by atoms with van der Waals surface area (Å²) in [5, 5.41) is 20.1. The van der Waals surface area contributed by atoms with E-state index in [1.165, 1.54) is 30.1 Å². The third kappa shape index (κ3) is 7.01. The number of pyridine rings is 1. The third-order valence-corrected chi connectivity index (χ3v) is 5.17. The first-order valence-electron chi connectivity index (χ1n) is 11.0. The van der Waals surface area contributed by atoms with Gasteiger partial charge in [-0.2, -0.15) is 13.2 Å². The topological polar surface area (TPSA) is 102 Å². The average molecular weight is 492 g/mol. The largest absolute Gasteiger partial charge is 0.482 e. The molecule has 188 valence electrons. The van der Waals surface area contributed by atoms with E-state index in [0.717, 1.165) is 11.1 Å². The van der Waals surface area contributed by atoms with E-state index in [2.05, 4.69) is 41.4 Å². The van der Waals surface area contributed by atoms with Crippen molar-refractivity contribution in [1.29, 1.82) is 0 Å². The highest BCUT2D eigenvalue weighted by Gasteiger charge is 2.29. The predicted octanol–water partition coefficient (Wildman–Crippen LogP) is 3.80. The number of benzene rings is 1. The average Bonchev–Trinajstić information content (AvgIpc) is 3.24. The van der Waals surface area contributed by atoms with Crippen LogP contribution in [0.2, 0.25) is 0 Å². The Morgan fingerprint density at radius 3 is 2.46 bits per heavy atom. The van der Waals surface area contributed by atoms with E-state index in [9.17, 15) is 23.1 Å². The molecule has 0 aliphatic rings. The molecule has 0 aliphatic heterocycles. The number of hydrogen-bond acceptors (Lipinski definition) is 6. The van der Waals surface area contributed by atoms with Gasteiger partial charge in [0.05, 0.1) is 37.3 Å². The van der Waals surface area contributed by atoms with Crippen LogP contribution in [0.3, 0.4) is 0 Å². The van der Waals surface area contributed by atoms with Gasteiger partial charge < -0.3 is 15.2 Å². The molecule has 1 amide bonds. The number of nitrogens with zero attached hydrogens (tertiary/aromatic N) is 4. The Balaban J connectivity index is 2.10. The van der Waals surface area contributed by atoms with Crippen molar-refractivity contribution >= 4 is 5.91 Å². The van der Waals surface area contributed by atoms with E-state index in [4.69, 9.17) is 4.74 Å². The lowest BCUT2D eigenvalue weighted by atomic mass is 9.86. The van der Waals surface area contributed by atoms with E-state index >= 15 is 0 Å². The summed E-state index contributed by atoms with van der Waals surface area (Å²) in [6.45, 7) is 6.16. The molecule has 1 aromatic carbocycles. The number of alkyl halides is 3. The van der Waals surface area contributed by atoms with E-state index < -0.39 is 18.8 Å². The van der Waals surface area contributed by atoms with Gasteiger partial charge in [-0.25, -0.2) is 4.68 Å². The minimum absolute atomic E-state index is 0.0753. The summed E-state index contributed by atoms with van der Waals surface area (Å²) in [4.78, 5) is 16.5. The summed E-state index contributed by atoms with van der Waals surface area (Å²) in [6, 6.07) is 8.35. The minimum atomic E-state index is -4.52. The van der Waals surface area contributed by atoms with Crippen LogP contribution in [0.15, 0.2) is 42.7 Å². The molecule has 35 heavy (non-hydrogen) atoms. The van der Waals surface area contributed by atoms with E-state index in [-0.39, 0.29) is 30.2 Å². The first-order chi connectivity index (χ1) is 16.4. The quantitative estimate of drug-likeness (QED) is 0.497. The first-order valence-corrected chi connectivity index (χ1v) is 11.0. The smallest absolute Gasteiger partial charge is 0.422 e. The molecule has 0 fully saturated rings. The van der Waals surface area contributed by atoms with Crippen LogP contribution in [0.5, 0.6) is 5.75 Å². The Kier molecular flexibility index (Phi) is 7.79. The van der Waals surface area contributed by atoms with Crippen molar-refractivity contribution in [3.05, 3.63) is 59.5 Å². The molecule has 0 radical (unpaired) electrons. The molecule has 0 saturated heterocycles.